The Kier molecular flexibility index (Phi) is 5.88. The van der Waals surface area contributed by atoms with Crippen molar-refractivity contribution >= 4 is 21.6 Å². The van der Waals surface area contributed by atoms with Gasteiger partial charge in [-0.15, -0.1) is 0 Å². The van der Waals surface area contributed by atoms with Crippen molar-refractivity contribution in [2.24, 2.45) is 0 Å². The molecule has 0 amide bonds. The topological polar surface area (TPSA) is 81.2 Å². The predicted octanol–water partition coefficient (Wildman–Crippen LogP) is 2.94. The minimum atomic E-state index is -3.38. The molecule has 0 radical (unpaired) electrons. The summed E-state index contributed by atoms with van der Waals surface area (Å²) in [7, 11) is -3.38. The molecule has 1 heterocycles. The van der Waals surface area contributed by atoms with E-state index in [1.807, 2.05) is 0 Å². The molecule has 6 nitrogen and oxygen atoms in total. The van der Waals surface area contributed by atoms with Gasteiger partial charge in [0.2, 0.25) is 10.0 Å². The second-order valence-electron chi connectivity index (χ2n) is 6.13. The Bertz CT molecular complexity index is 777. The van der Waals surface area contributed by atoms with Gasteiger partial charge in [0, 0.05) is 23.5 Å². The minimum Gasteiger partial charge on any atom is -0.460 e. The van der Waals surface area contributed by atoms with Crippen molar-refractivity contribution in [2.75, 3.05) is 0 Å². The Morgan fingerprint density at radius 1 is 1.08 bits per heavy atom. The zero-order valence-electron chi connectivity index (χ0n) is 13.6. The Hall–Kier alpha value is -1.70. The number of sulfonamides is 1. The average molecular weight is 382 g/mol. The van der Waals surface area contributed by atoms with Crippen LogP contribution in [-0.2, 0) is 15.8 Å². The van der Waals surface area contributed by atoms with E-state index in [1.165, 1.54) is 0 Å². The van der Waals surface area contributed by atoms with Gasteiger partial charge in [-0.05, 0) is 49.4 Å². The maximum Gasteiger partial charge on any atom is 0.316 e. The first-order valence-corrected chi connectivity index (χ1v) is 10.2. The van der Waals surface area contributed by atoms with Crippen LogP contribution >= 0.6 is 11.6 Å². The normalized spacial score (nSPS) is 21.0. The molecule has 0 atom stereocenters. The van der Waals surface area contributed by atoms with Crippen LogP contribution in [0.5, 0.6) is 6.01 Å². The van der Waals surface area contributed by atoms with E-state index in [1.54, 1.807) is 42.7 Å². The quantitative estimate of drug-likeness (QED) is 0.831. The highest BCUT2D eigenvalue weighted by molar-refractivity contribution is 7.88. The van der Waals surface area contributed by atoms with Gasteiger partial charge in [0.15, 0.2) is 0 Å². The van der Waals surface area contributed by atoms with Crippen LogP contribution in [0.15, 0.2) is 42.7 Å². The van der Waals surface area contributed by atoms with E-state index in [4.69, 9.17) is 16.3 Å². The SMILES string of the molecule is O=S(=O)(Cc1ccc(Cl)cc1)NC1CCC(Oc2ncccn2)CC1. The largest absolute Gasteiger partial charge is 0.460 e. The lowest BCUT2D eigenvalue weighted by molar-refractivity contribution is 0.132. The lowest BCUT2D eigenvalue weighted by Gasteiger charge is -2.28. The minimum absolute atomic E-state index is 0.0272. The molecule has 0 spiro atoms. The van der Waals surface area contributed by atoms with E-state index in [0.717, 1.165) is 31.2 Å². The molecule has 1 aromatic heterocycles. The molecule has 1 N–H and O–H groups in total. The number of benzene rings is 1. The van der Waals surface area contributed by atoms with Crippen molar-refractivity contribution in [3.8, 4) is 6.01 Å². The van der Waals surface area contributed by atoms with Crippen LogP contribution in [0.25, 0.3) is 0 Å². The summed E-state index contributed by atoms with van der Waals surface area (Å²) in [4.78, 5) is 8.10. The molecule has 1 aliphatic carbocycles. The molecule has 8 heteroatoms. The highest BCUT2D eigenvalue weighted by Crippen LogP contribution is 2.23. The van der Waals surface area contributed by atoms with Crippen LogP contribution in [0.1, 0.15) is 31.2 Å². The highest BCUT2D eigenvalue weighted by Gasteiger charge is 2.26. The van der Waals surface area contributed by atoms with Crippen LogP contribution in [0, 0.1) is 0 Å². The summed E-state index contributed by atoms with van der Waals surface area (Å²) >= 11 is 5.82. The molecule has 0 saturated heterocycles. The van der Waals surface area contributed by atoms with E-state index in [9.17, 15) is 8.42 Å². The molecular formula is C17H20ClN3O3S. The fraction of sp³-hybridized carbons (Fsp3) is 0.412. The number of aromatic nitrogens is 2. The summed E-state index contributed by atoms with van der Waals surface area (Å²) < 4.78 is 33.2. The first-order chi connectivity index (χ1) is 12.0. The van der Waals surface area contributed by atoms with Gasteiger partial charge in [0.1, 0.15) is 6.10 Å². The molecule has 25 heavy (non-hydrogen) atoms. The number of hydrogen-bond donors (Lipinski definition) is 1. The number of hydrogen-bond acceptors (Lipinski definition) is 5. The standard InChI is InChI=1S/C17H20ClN3O3S/c18-14-4-2-13(3-5-14)12-25(22,23)21-15-6-8-16(9-7-15)24-17-19-10-1-11-20-17/h1-5,10-11,15-16,21H,6-9,12H2. The van der Waals surface area contributed by atoms with E-state index >= 15 is 0 Å². The fourth-order valence-electron chi connectivity index (χ4n) is 2.89. The van der Waals surface area contributed by atoms with E-state index in [-0.39, 0.29) is 17.9 Å². The van der Waals surface area contributed by atoms with Crippen LogP contribution < -0.4 is 9.46 Å². The van der Waals surface area contributed by atoms with Gasteiger partial charge in [-0.25, -0.2) is 23.1 Å². The molecular weight excluding hydrogens is 362 g/mol. The van der Waals surface area contributed by atoms with Gasteiger partial charge in [-0.1, -0.05) is 23.7 Å². The van der Waals surface area contributed by atoms with Crippen LogP contribution in [0.3, 0.4) is 0 Å². The molecule has 134 valence electrons. The second kappa shape index (κ2) is 8.12. The second-order valence-corrected chi connectivity index (χ2v) is 8.32. The van der Waals surface area contributed by atoms with Gasteiger partial charge in [0.25, 0.3) is 0 Å². The molecule has 0 bridgehead atoms. The number of nitrogens with one attached hydrogen (secondary N) is 1. The third-order valence-corrected chi connectivity index (χ3v) is 5.76. The molecule has 3 rings (SSSR count). The lowest BCUT2D eigenvalue weighted by Crippen LogP contribution is -2.40. The Balaban J connectivity index is 1.48. The maximum atomic E-state index is 12.3. The summed E-state index contributed by atoms with van der Waals surface area (Å²) in [6.07, 6.45) is 6.31. The third-order valence-electron chi connectivity index (χ3n) is 4.10. The summed E-state index contributed by atoms with van der Waals surface area (Å²) in [6, 6.07) is 8.89. The Labute approximate surface area is 152 Å². The Morgan fingerprint density at radius 2 is 1.72 bits per heavy atom. The van der Waals surface area contributed by atoms with Gasteiger partial charge in [0.05, 0.1) is 5.75 Å². The maximum absolute atomic E-state index is 12.3. The summed E-state index contributed by atoms with van der Waals surface area (Å²) in [5, 5.41) is 0.592. The number of rotatable bonds is 6. The molecule has 1 saturated carbocycles. The van der Waals surface area contributed by atoms with E-state index < -0.39 is 10.0 Å². The molecule has 0 unspecified atom stereocenters. The molecule has 1 aromatic carbocycles. The van der Waals surface area contributed by atoms with Crippen molar-refractivity contribution in [1.82, 2.24) is 14.7 Å². The zero-order chi connectivity index (χ0) is 17.7. The lowest BCUT2D eigenvalue weighted by atomic mass is 9.94. The first kappa shape index (κ1) is 18.1. The summed E-state index contributed by atoms with van der Waals surface area (Å²) in [6.45, 7) is 0. The average Bonchev–Trinajstić information content (AvgIpc) is 2.59. The Morgan fingerprint density at radius 3 is 2.36 bits per heavy atom. The summed E-state index contributed by atoms with van der Waals surface area (Å²) in [5.74, 6) is -0.0432. The number of halogens is 1. The summed E-state index contributed by atoms with van der Waals surface area (Å²) in [5.41, 5.74) is 0.718. The molecule has 2 aromatic rings. The van der Waals surface area contributed by atoms with E-state index in [2.05, 4.69) is 14.7 Å². The van der Waals surface area contributed by atoms with Gasteiger partial charge in [-0.3, -0.25) is 0 Å². The van der Waals surface area contributed by atoms with Gasteiger partial charge >= 0.3 is 6.01 Å². The first-order valence-electron chi connectivity index (χ1n) is 8.18. The van der Waals surface area contributed by atoms with Gasteiger partial charge in [-0.2, -0.15) is 0 Å². The third kappa shape index (κ3) is 5.66. The van der Waals surface area contributed by atoms with Crippen molar-refractivity contribution in [2.45, 2.75) is 43.6 Å². The number of nitrogens with zero attached hydrogens (tertiary/aromatic N) is 2. The molecule has 0 aliphatic heterocycles. The zero-order valence-corrected chi connectivity index (χ0v) is 15.2. The van der Waals surface area contributed by atoms with Crippen LogP contribution in [0.4, 0.5) is 0 Å². The predicted molar refractivity (Wildman–Crippen MR) is 95.9 cm³/mol. The van der Waals surface area contributed by atoms with Crippen molar-refractivity contribution in [3.63, 3.8) is 0 Å². The molecule has 1 fully saturated rings. The molecule has 1 aliphatic rings. The van der Waals surface area contributed by atoms with Crippen molar-refractivity contribution < 1.29 is 13.2 Å². The van der Waals surface area contributed by atoms with Gasteiger partial charge < -0.3 is 4.74 Å². The highest BCUT2D eigenvalue weighted by atomic mass is 35.5. The smallest absolute Gasteiger partial charge is 0.316 e. The van der Waals surface area contributed by atoms with Crippen LogP contribution in [0.2, 0.25) is 5.02 Å². The number of ether oxygens (including phenoxy) is 1. The van der Waals surface area contributed by atoms with Crippen molar-refractivity contribution in [1.29, 1.82) is 0 Å². The fourth-order valence-corrected chi connectivity index (χ4v) is 4.47. The van der Waals surface area contributed by atoms with E-state index in [0.29, 0.717) is 11.0 Å². The monoisotopic (exact) mass is 381 g/mol. The van der Waals surface area contributed by atoms with Crippen LogP contribution in [-0.4, -0.2) is 30.5 Å². The van der Waals surface area contributed by atoms with Crippen molar-refractivity contribution in [3.05, 3.63) is 53.3 Å².